The quantitative estimate of drug-likeness (QED) is 0.687. The Bertz CT molecular complexity index is 628. The second-order valence-corrected chi connectivity index (χ2v) is 7.06. The van der Waals surface area contributed by atoms with Gasteiger partial charge in [-0.15, -0.1) is 12.4 Å². The van der Waals surface area contributed by atoms with Crippen LogP contribution in [0.25, 0.3) is 0 Å². The van der Waals surface area contributed by atoms with E-state index in [0.717, 1.165) is 32.4 Å². The van der Waals surface area contributed by atoms with Crippen molar-refractivity contribution in [1.82, 2.24) is 5.32 Å². The topological polar surface area (TPSA) is 24.4 Å². The highest BCUT2D eigenvalue weighted by atomic mass is 35.5. The van der Waals surface area contributed by atoms with Crippen molar-refractivity contribution >= 4 is 18.2 Å². The van der Waals surface area contributed by atoms with Gasteiger partial charge < -0.3 is 5.32 Å². The maximum absolute atomic E-state index is 4.78. The number of hydrogen-bond acceptors (Lipinski definition) is 2. The number of halogens is 1. The van der Waals surface area contributed by atoms with Gasteiger partial charge in [-0.25, -0.2) is 0 Å². The van der Waals surface area contributed by atoms with E-state index < -0.39 is 0 Å². The molecule has 1 aliphatic heterocycles. The number of benzene rings is 2. The Morgan fingerprint density at radius 2 is 1.50 bits per heavy atom. The van der Waals surface area contributed by atoms with Crippen LogP contribution in [0.1, 0.15) is 56.6 Å². The predicted octanol–water partition coefficient (Wildman–Crippen LogP) is 5.76. The monoisotopic (exact) mass is 370 g/mol. The molecule has 0 aliphatic carbocycles. The van der Waals surface area contributed by atoms with Crippen LogP contribution in [0.15, 0.2) is 65.7 Å². The van der Waals surface area contributed by atoms with Crippen LogP contribution in [0.4, 0.5) is 0 Å². The van der Waals surface area contributed by atoms with Gasteiger partial charge >= 0.3 is 0 Å². The van der Waals surface area contributed by atoms with Crippen molar-refractivity contribution in [2.24, 2.45) is 4.99 Å². The van der Waals surface area contributed by atoms with Gasteiger partial charge in [0, 0.05) is 24.9 Å². The van der Waals surface area contributed by atoms with Gasteiger partial charge in [-0.2, -0.15) is 0 Å². The first-order chi connectivity index (χ1) is 12.3. The standard InChI is InChI=1S/C23H30N2.ClH/c1-2-17-23(20-12-6-3-7-13-20,21-14-8-4-9-15-21)19-25-22-16-10-5-11-18-24-22;/h3-4,6-9,12-15H,2,5,10-11,16-19H2,1H3,(H,24,25);1H. The third-order valence-corrected chi connectivity index (χ3v) is 5.30. The summed E-state index contributed by atoms with van der Waals surface area (Å²) in [5.41, 5.74) is 2.78. The Morgan fingerprint density at radius 1 is 0.885 bits per heavy atom. The van der Waals surface area contributed by atoms with Crippen LogP contribution in [-0.2, 0) is 5.41 Å². The molecule has 0 unspecified atom stereocenters. The van der Waals surface area contributed by atoms with Crippen molar-refractivity contribution < 1.29 is 0 Å². The molecular weight excluding hydrogens is 340 g/mol. The Morgan fingerprint density at radius 3 is 2.08 bits per heavy atom. The van der Waals surface area contributed by atoms with Gasteiger partial charge in [0.25, 0.3) is 0 Å². The van der Waals surface area contributed by atoms with E-state index in [4.69, 9.17) is 4.99 Å². The molecule has 0 saturated heterocycles. The van der Waals surface area contributed by atoms with Crippen LogP contribution in [0.2, 0.25) is 0 Å². The first-order valence-electron chi connectivity index (χ1n) is 9.73. The number of hydrogen-bond donors (Lipinski definition) is 1. The number of nitrogens with zero attached hydrogens (tertiary/aromatic N) is 1. The number of aliphatic imine (C=N–C) groups is 1. The molecule has 0 bridgehead atoms. The van der Waals surface area contributed by atoms with E-state index in [-0.39, 0.29) is 17.8 Å². The van der Waals surface area contributed by atoms with E-state index in [1.54, 1.807) is 0 Å². The van der Waals surface area contributed by atoms with Gasteiger partial charge in [0.05, 0.1) is 5.84 Å². The molecule has 2 nitrogen and oxygen atoms in total. The number of rotatable bonds is 6. The average molecular weight is 371 g/mol. The molecule has 3 heteroatoms. The summed E-state index contributed by atoms with van der Waals surface area (Å²) < 4.78 is 0. The normalized spacial score (nSPS) is 14.7. The van der Waals surface area contributed by atoms with Crippen molar-refractivity contribution in [3.05, 3.63) is 71.8 Å². The summed E-state index contributed by atoms with van der Waals surface area (Å²) in [5, 5.41) is 3.73. The summed E-state index contributed by atoms with van der Waals surface area (Å²) in [6.45, 7) is 4.16. The van der Waals surface area contributed by atoms with Crippen molar-refractivity contribution in [3.8, 4) is 0 Å². The van der Waals surface area contributed by atoms with E-state index >= 15 is 0 Å². The molecule has 0 amide bonds. The summed E-state index contributed by atoms with van der Waals surface area (Å²) in [6, 6.07) is 22.0. The average Bonchev–Trinajstić information content (AvgIpc) is 2.95. The Labute approximate surface area is 164 Å². The maximum Gasteiger partial charge on any atom is 0.0963 e. The highest BCUT2D eigenvalue weighted by Crippen LogP contribution is 2.36. The highest BCUT2D eigenvalue weighted by Gasteiger charge is 2.33. The zero-order chi connectivity index (χ0) is 17.4. The lowest BCUT2D eigenvalue weighted by Gasteiger charge is -2.36. The fraction of sp³-hybridized carbons (Fsp3) is 0.435. The van der Waals surface area contributed by atoms with Crippen molar-refractivity contribution in [1.29, 1.82) is 0 Å². The molecule has 0 aromatic heterocycles. The van der Waals surface area contributed by atoms with Gasteiger partial charge in [-0.1, -0.05) is 80.4 Å². The van der Waals surface area contributed by atoms with Crippen LogP contribution in [0.3, 0.4) is 0 Å². The minimum atomic E-state index is -0.00784. The van der Waals surface area contributed by atoms with E-state index in [9.17, 15) is 0 Å². The van der Waals surface area contributed by atoms with Gasteiger partial charge in [0.15, 0.2) is 0 Å². The fourth-order valence-corrected chi connectivity index (χ4v) is 3.96. The van der Waals surface area contributed by atoms with Crippen molar-refractivity contribution in [3.63, 3.8) is 0 Å². The second-order valence-electron chi connectivity index (χ2n) is 7.06. The summed E-state index contributed by atoms with van der Waals surface area (Å²) in [7, 11) is 0. The van der Waals surface area contributed by atoms with E-state index in [1.807, 2.05) is 0 Å². The molecule has 1 aliphatic rings. The van der Waals surface area contributed by atoms with Crippen LogP contribution >= 0.6 is 12.4 Å². The highest BCUT2D eigenvalue weighted by molar-refractivity contribution is 5.85. The largest absolute Gasteiger partial charge is 0.373 e. The first-order valence-corrected chi connectivity index (χ1v) is 9.73. The van der Waals surface area contributed by atoms with E-state index in [2.05, 4.69) is 72.9 Å². The molecule has 2 aromatic carbocycles. The lowest BCUT2D eigenvalue weighted by Crippen LogP contribution is -2.41. The molecule has 140 valence electrons. The molecule has 3 rings (SSSR count). The molecule has 0 radical (unpaired) electrons. The molecular formula is C23H31ClN2. The SMILES string of the molecule is CCCC(CNC1=NCCCCC1)(c1ccccc1)c1ccccc1.Cl. The Balaban J connectivity index is 0.00000243. The summed E-state index contributed by atoms with van der Waals surface area (Å²) in [4.78, 5) is 4.78. The summed E-state index contributed by atoms with van der Waals surface area (Å²) in [6.07, 6.45) is 7.14. The van der Waals surface area contributed by atoms with Gasteiger partial charge in [-0.3, -0.25) is 4.99 Å². The molecule has 0 fully saturated rings. The first kappa shape index (κ1) is 20.5. The summed E-state index contributed by atoms with van der Waals surface area (Å²) >= 11 is 0. The van der Waals surface area contributed by atoms with Crippen molar-refractivity contribution in [2.75, 3.05) is 13.1 Å². The number of amidine groups is 1. The molecule has 26 heavy (non-hydrogen) atoms. The Hall–Kier alpha value is -1.80. The lowest BCUT2D eigenvalue weighted by atomic mass is 9.71. The van der Waals surface area contributed by atoms with Gasteiger partial charge in [0.1, 0.15) is 0 Å². The van der Waals surface area contributed by atoms with Crippen LogP contribution < -0.4 is 5.32 Å². The molecule has 0 saturated carbocycles. The molecule has 1 N–H and O–H groups in total. The second kappa shape index (κ2) is 10.4. The van der Waals surface area contributed by atoms with Crippen molar-refractivity contribution in [2.45, 2.75) is 50.9 Å². The third-order valence-electron chi connectivity index (χ3n) is 5.30. The fourth-order valence-electron chi connectivity index (χ4n) is 3.96. The van der Waals surface area contributed by atoms with Gasteiger partial charge in [0.2, 0.25) is 0 Å². The molecule has 2 aromatic rings. The molecule has 1 heterocycles. The minimum absolute atomic E-state index is 0. The van der Waals surface area contributed by atoms with Crippen LogP contribution in [0.5, 0.6) is 0 Å². The Kier molecular flexibility index (Phi) is 8.18. The van der Waals surface area contributed by atoms with Crippen LogP contribution in [0, 0.1) is 0 Å². The van der Waals surface area contributed by atoms with Crippen LogP contribution in [-0.4, -0.2) is 18.9 Å². The third kappa shape index (κ3) is 4.88. The smallest absolute Gasteiger partial charge is 0.0963 e. The number of nitrogens with one attached hydrogen (secondary N) is 1. The summed E-state index contributed by atoms with van der Waals surface area (Å²) in [5.74, 6) is 1.20. The van der Waals surface area contributed by atoms with Gasteiger partial charge in [-0.05, 0) is 30.4 Å². The lowest BCUT2D eigenvalue weighted by molar-refractivity contribution is 0.456. The van der Waals surface area contributed by atoms with E-state index in [0.29, 0.717) is 0 Å². The van der Waals surface area contributed by atoms with E-state index in [1.165, 1.54) is 36.2 Å². The minimum Gasteiger partial charge on any atom is -0.373 e. The zero-order valence-corrected chi connectivity index (χ0v) is 16.6. The molecule has 0 spiro atoms. The zero-order valence-electron chi connectivity index (χ0n) is 15.8. The molecule has 0 atom stereocenters. The maximum atomic E-state index is 4.78. The predicted molar refractivity (Wildman–Crippen MR) is 115 cm³/mol.